The first-order valence-electron chi connectivity index (χ1n) is 15.6. The summed E-state index contributed by atoms with van der Waals surface area (Å²) in [5.41, 5.74) is 11.3. The summed E-state index contributed by atoms with van der Waals surface area (Å²) in [4.78, 5) is 9.00. The van der Waals surface area contributed by atoms with Crippen molar-refractivity contribution in [2.45, 2.75) is 44.2 Å². The molecule has 0 N–H and O–H groups in total. The molecule has 3 aromatic rings. The number of rotatable bonds is 4. The van der Waals surface area contributed by atoms with Gasteiger partial charge in [-0.3, -0.25) is 0 Å². The maximum atomic E-state index is 13.9. The predicted molar refractivity (Wildman–Crippen MR) is 175 cm³/mol. The molecule has 44 heavy (non-hydrogen) atoms. The first-order valence-corrected chi connectivity index (χ1v) is 16.4. The summed E-state index contributed by atoms with van der Waals surface area (Å²) in [6.07, 6.45) is 2.74. The van der Waals surface area contributed by atoms with E-state index >= 15 is 0 Å². The van der Waals surface area contributed by atoms with Crippen LogP contribution in [0.15, 0.2) is 87.8 Å². The molecule has 0 atom stereocenters. The average molecular weight is 614 g/mol. The molecule has 7 rings (SSSR count). The fourth-order valence-electron chi connectivity index (χ4n) is 7.01. The molecule has 0 amide bonds. The Hall–Kier alpha value is -3.26. The van der Waals surface area contributed by atoms with E-state index in [-0.39, 0.29) is 0 Å². The zero-order valence-electron chi connectivity index (χ0n) is 25.6. The van der Waals surface area contributed by atoms with E-state index in [1.54, 1.807) is 17.8 Å². The van der Waals surface area contributed by atoms with Crippen LogP contribution in [-0.2, 0) is 12.6 Å². The monoisotopic (exact) mass is 613 g/mol. The number of benzene rings is 3. The van der Waals surface area contributed by atoms with Gasteiger partial charge in [0, 0.05) is 42.5 Å². The molecule has 2 heterocycles. The highest BCUT2D eigenvalue weighted by Gasteiger charge is 2.35. The number of hydrogen-bond acceptors (Lipinski definition) is 4. The van der Waals surface area contributed by atoms with Gasteiger partial charge in [-0.2, -0.15) is 13.2 Å². The van der Waals surface area contributed by atoms with E-state index < -0.39 is 11.7 Å². The minimum Gasteiger partial charge on any atom is -0.340 e. The lowest BCUT2D eigenvalue weighted by atomic mass is 9.78. The van der Waals surface area contributed by atoms with Gasteiger partial charge in [-0.15, -0.1) is 0 Å². The number of piperazine rings is 1. The van der Waals surface area contributed by atoms with Gasteiger partial charge in [0.2, 0.25) is 0 Å². The third-order valence-electron chi connectivity index (χ3n) is 9.37. The van der Waals surface area contributed by atoms with Gasteiger partial charge >= 0.3 is 6.18 Å². The smallest absolute Gasteiger partial charge is 0.340 e. The average Bonchev–Trinajstić information content (AvgIpc) is 2.99. The number of nitrogens with zero attached hydrogens (tertiary/aromatic N) is 3. The topological polar surface area (TPSA) is 9.72 Å². The number of likely N-dealkylation sites (N-methyl/N-ethyl adjacent to an activating group) is 1. The maximum absolute atomic E-state index is 13.9. The summed E-state index contributed by atoms with van der Waals surface area (Å²) in [5.74, 6) is 0. The largest absolute Gasteiger partial charge is 0.416 e. The summed E-state index contributed by atoms with van der Waals surface area (Å²) < 4.78 is 41.8. The Morgan fingerprint density at radius 2 is 1.50 bits per heavy atom. The van der Waals surface area contributed by atoms with Crippen molar-refractivity contribution in [2.24, 2.45) is 0 Å². The molecule has 0 bridgehead atoms. The summed E-state index contributed by atoms with van der Waals surface area (Å²) in [6, 6.07) is 17.7. The molecule has 3 nitrogen and oxygen atoms in total. The third-order valence-corrected chi connectivity index (χ3v) is 10.5. The zero-order valence-corrected chi connectivity index (χ0v) is 26.4. The van der Waals surface area contributed by atoms with E-state index in [1.165, 1.54) is 56.7 Å². The lowest BCUT2D eigenvalue weighted by Gasteiger charge is -2.38. The first-order chi connectivity index (χ1) is 21.1. The van der Waals surface area contributed by atoms with Crippen molar-refractivity contribution < 1.29 is 13.2 Å². The highest BCUT2D eigenvalue weighted by molar-refractivity contribution is 8.03. The predicted octanol–water partition coefficient (Wildman–Crippen LogP) is 8.45. The van der Waals surface area contributed by atoms with Crippen molar-refractivity contribution in [3.05, 3.63) is 122 Å². The van der Waals surface area contributed by atoms with Crippen molar-refractivity contribution in [1.29, 1.82) is 0 Å². The van der Waals surface area contributed by atoms with Crippen molar-refractivity contribution in [2.75, 3.05) is 51.2 Å². The maximum Gasteiger partial charge on any atom is 0.416 e. The number of anilines is 1. The number of thioether (sulfide) groups is 1. The number of aryl methyl sites for hydroxylation is 2. The Labute approximate surface area is 262 Å². The quantitative estimate of drug-likeness (QED) is 0.228. The lowest BCUT2D eigenvalue weighted by Crippen LogP contribution is -2.45. The van der Waals surface area contributed by atoms with E-state index in [1.807, 2.05) is 0 Å². The van der Waals surface area contributed by atoms with Gasteiger partial charge in [0.15, 0.2) is 0 Å². The molecule has 0 spiro atoms. The Morgan fingerprint density at radius 1 is 0.818 bits per heavy atom. The van der Waals surface area contributed by atoms with E-state index in [0.29, 0.717) is 12.2 Å². The lowest BCUT2D eigenvalue weighted by molar-refractivity contribution is -0.137. The van der Waals surface area contributed by atoms with E-state index in [9.17, 15) is 13.2 Å². The minimum absolute atomic E-state index is 0.593. The summed E-state index contributed by atoms with van der Waals surface area (Å²) in [6.45, 7) is 10.0. The van der Waals surface area contributed by atoms with Gasteiger partial charge < -0.3 is 14.7 Å². The van der Waals surface area contributed by atoms with E-state index in [0.717, 1.165) is 67.5 Å². The van der Waals surface area contributed by atoms with Gasteiger partial charge in [-0.1, -0.05) is 65.4 Å². The van der Waals surface area contributed by atoms with Gasteiger partial charge in [-0.05, 0) is 104 Å². The molecular weight excluding hydrogens is 575 g/mol. The number of hydrogen-bond donors (Lipinski definition) is 0. The van der Waals surface area contributed by atoms with Crippen LogP contribution in [0, 0.1) is 13.8 Å². The molecule has 7 heteroatoms. The van der Waals surface area contributed by atoms with Crippen LogP contribution in [0.5, 0.6) is 0 Å². The van der Waals surface area contributed by atoms with Crippen LogP contribution in [0.25, 0.3) is 5.57 Å². The molecule has 2 aliphatic heterocycles. The van der Waals surface area contributed by atoms with Crippen LogP contribution in [0.4, 0.5) is 18.9 Å². The molecule has 1 saturated heterocycles. The van der Waals surface area contributed by atoms with E-state index in [2.05, 4.69) is 84.1 Å². The normalized spacial score (nSPS) is 18.7. The molecular formula is C37H38F3N3S. The second-order valence-electron chi connectivity index (χ2n) is 12.6. The molecule has 0 radical (unpaired) electrons. The summed E-state index contributed by atoms with van der Waals surface area (Å²) >= 11 is 1.59. The van der Waals surface area contributed by atoms with Crippen molar-refractivity contribution in [3.63, 3.8) is 0 Å². The van der Waals surface area contributed by atoms with Crippen LogP contribution in [0.2, 0.25) is 0 Å². The van der Waals surface area contributed by atoms with Gasteiger partial charge in [0.1, 0.15) is 0 Å². The van der Waals surface area contributed by atoms with Crippen molar-refractivity contribution >= 4 is 23.0 Å². The van der Waals surface area contributed by atoms with Crippen LogP contribution >= 0.6 is 11.8 Å². The van der Waals surface area contributed by atoms with Crippen LogP contribution < -0.4 is 4.90 Å². The van der Waals surface area contributed by atoms with Gasteiger partial charge in [0.05, 0.1) is 16.9 Å². The fourth-order valence-corrected chi connectivity index (χ4v) is 8.09. The standard InChI is InChI=1S/C37H38F3N3S/c1-24-5-9-30-27(19-24)21-28-20-25(2)6-10-31(28)36(30)26-7-11-34-32(22-26)43(14-4-13-42-17-15-41(3)16-18-42)33-23-29(37(38,39)40)8-12-35(33)44-34/h5-6,8-12,19-20,22-23H,4,7,13-18,21H2,1-3H3. The first kappa shape index (κ1) is 29.5. The number of fused-ring (bicyclic) bond motifs is 4. The molecule has 1 fully saturated rings. The fraction of sp³-hybridized carbons (Fsp3) is 0.351. The van der Waals surface area contributed by atoms with Crippen LogP contribution in [-0.4, -0.2) is 56.1 Å². The van der Waals surface area contributed by atoms with Crippen molar-refractivity contribution in [3.8, 4) is 0 Å². The van der Waals surface area contributed by atoms with Crippen molar-refractivity contribution in [1.82, 2.24) is 9.80 Å². The molecule has 0 saturated carbocycles. The van der Waals surface area contributed by atoms with E-state index in [4.69, 9.17) is 0 Å². The Bertz CT molecular complexity index is 1660. The molecule has 4 aliphatic rings. The number of halogens is 3. The third kappa shape index (κ3) is 5.66. The SMILES string of the molecule is Cc1ccc2c(c1)Cc1cc(C)ccc1C2=C1C=C2C(=CC1)Sc1ccc(C(F)(F)F)cc1N2CCCN1CCN(C)CC1. The number of alkyl halides is 3. The summed E-state index contributed by atoms with van der Waals surface area (Å²) in [5, 5.41) is 0. The molecule has 228 valence electrons. The molecule has 2 aliphatic carbocycles. The Kier molecular flexibility index (Phi) is 7.76. The highest BCUT2D eigenvalue weighted by atomic mass is 32.2. The van der Waals surface area contributed by atoms with Gasteiger partial charge in [0.25, 0.3) is 0 Å². The molecule has 0 unspecified atom stereocenters. The Morgan fingerprint density at radius 3 is 2.16 bits per heavy atom. The van der Waals surface area contributed by atoms with Crippen LogP contribution in [0.1, 0.15) is 51.8 Å². The number of allylic oxidation sites excluding steroid dienone is 3. The molecule has 0 aromatic heterocycles. The molecule has 3 aromatic carbocycles. The minimum atomic E-state index is -4.39. The zero-order chi connectivity index (χ0) is 30.6. The van der Waals surface area contributed by atoms with Crippen LogP contribution in [0.3, 0.4) is 0 Å². The summed E-state index contributed by atoms with van der Waals surface area (Å²) in [7, 11) is 2.15. The second-order valence-corrected chi connectivity index (χ2v) is 13.7. The highest BCUT2D eigenvalue weighted by Crippen LogP contribution is 2.51. The Balaban J connectivity index is 1.32. The van der Waals surface area contributed by atoms with Gasteiger partial charge in [-0.25, -0.2) is 0 Å². The second kappa shape index (κ2) is 11.6.